The third-order valence-electron chi connectivity index (χ3n) is 2.84. The van der Waals surface area contributed by atoms with Gasteiger partial charge in [0, 0.05) is 17.4 Å². The third-order valence-corrected chi connectivity index (χ3v) is 3.93. The van der Waals surface area contributed by atoms with Crippen molar-refractivity contribution >= 4 is 28.7 Å². The molecule has 1 aromatic rings. The molecular formula is C11H13ClOS. The highest BCUT2D eigenvalue weighted by Crippen LogP contribution is 2.30. The lowest BCUT2D eigenvalue weighted by Gasteiger charge is -2.05. The van der Waals surface area contributed by atoms with Gasteiger partial charge in [0.15, 0.2) is 5.78 Å². The van der Waals surface area contributed by atoms with E-state index in [2.05, 4.69) is 0 Å². The molecule has 0 bridgehead atoms. The monoisotopic (exact) mass is 228 g/mol. The summed E-state index contributed by atoms with van der Waals surface area (Å²) in [5, 5.41) is 1.86. The Bertz CT molecular complexity index is 326. The van der Waals surface area contributed by atoms with Gasteiger partial charge in [-0.2, -0.15) is 0 Å². The number of Topliss-reactive ketones (excluding diaryl/α,β-unsaturated/α-hetero) is 1. The molecule has 3 heteroatoms. The SMILES string of the molecule is O=C(CC1CCCC1)c1csc(Cl)c1. The first-order valence-electron chi connectivity index (χ1n) is 5.03. The molecule has 1 fully saturated rings. The molecule has 1 saturated carbocycles. The summed E-state index contributed by atoms with van der Waals surface area (Å²) in [6.45, 7) is 0. The Morgan fingerprint density at radius 1 is 1.50 bits per heavy atom. The van der Waals surface area contributed by atoms with E-state index in [-0.39, 0.29) is 5.78 Å². The summed E-state index contributed by atoms with van der Waals surface area (Å²) in [4.78, 5) is 11.8. The van der Waals surface area contributed by atoms with E-state index in [0.717, 1.165) is 5.56 Å². The van der Waals surface area contributed by atoms with Crippen LogP contribution in [0.5, 0.6) is 0 Å². The van der Waals surface area contributed by atoms with Crippen LogP contribution in [0.2, 0.25) is 4.34 Å². The first kappa shape index (κ1) is 10.2. The second kappa shape index (κ2) is 4.45. The molecule has 1 nitrogen and oxygen atoms in total. The maximum absolute atomic E-state index is 11.8. The van der Waals surface area contributed by atoms with Gasteiger partial charge in [-0.25, -0.2) is 0 Å². The summed E-state index contributed by atoms with van der Waals surface area (Å²) in [6, 6.07) is 1.78. The second-order valence-electron chi connectivity index (χ2n) is 3.92. The lowest BCUT2D eigenvalue weighted by Crippen LogP contribution is -2.04. The van der Waals surface area contributed by atoms with Crippen molar-refractivity contribution in [2.75, 3.05) is 0 Å². The number of carbonyl (C=O) groups is 1. The predicted molar refractivity (Wildman–Crippen MR) is 60.2 cm³/mol. The number of ketones is 1. The van der Waals surface area contributed by atoms with Gasteiger partial charge >= 0.3 is 0 Å². The Balaban J connectivity index is 1.95. The predicted octanol–water partition coefficient (Wildman–Crippen LogP) is 4.16. The van der Waals surface area contributed by atoms with E-state index in [1.165, 1.54) is 37.0 Å². The van der Waals surface area contributed by atoms with E-state index >= 15 is 0 Å². The molecule has 2 rings (SSSR count). The van der Waals surface area contributed by atoms with Crippen molar-refractivity contribution in [1.82, 2.24) is 0 Å². The van der Waals surface area contributed by atoms with Gasteiger partial charge in [0.25, 0.3) is 0 Å². The summed E-state index contributed by atoms with van der Waals surface area (Å²) in [5.74, 6) is 0.890. The highest BCUT2D eigenvalue weighted by Gasteiger charge is 2.19. The van der Waals surface area contributed by atoms with Crippen LogP contribution in [0.15, 0.2) is 11.4 Å². The molecule has 0 saturated heterocycles. The normalized spacial score (nSPS) is 17.5. The molecule has 0 atom stereocenters. The minimum Gasteiger partial charge on any atom is -0.294 e. The average Bonchev–Trinajstić information content (AvgIpc) is 2.75. The zero-order valence-corrected chi connectivity index (χ0v) is 9.53. The van der Waals surface area contributed by atoms with E-state index in [9.17, 15) is 4.79 Å². The largest absolute Gasteiger partial charge is 0.294 e. The van der Waals surface area contributed by atoms with Crippen molar-refractivity contribution in [2.24, 2.45) is 5.92 Å². The summed E-state index contributed by atoms with van der Waals surface area (Å²) >= 11 is 7.22. The maximum atomic E-state index is 11.8. The zero-order valence-electron chi connectivity index (χ0n) is 7.96. The van der Waals surface area contributed by atoms with E-state index in [0.29, 0.717) is 16.7 Å². The van der Waals surface area contributed by atoms with Crippen molar-refractivity contribution in [1.29, 1.82) is 0 Å². The molecule has 0 aliphatic heterocycles. The lowest BCUT2D eigenvalue weighted by atomic mass is 9.98. The first-order chi connectivity index (χ1) is 6.75. The topological polar surface area (TPSA) is 17.1 Å². The van der Waals surface area contributed by atoms with Crippen LogP contribution >= 0.6 is 22.9 Å². The van der Waals surface area contributed by atoms with Crippen molar-refractivity contribution < 1.29 is 4.79 Å². The van der Waals surface area contributed by atoms with E-state index in [1.807, 2.05) is 5.38 Å². The second-order valence-corrected chi connectivity index (χ2v) is 5.46. The Hall–Kier alpha value is -0.340. The molecule has 0 amide bonds. The quantitative estimate of drug-likeness (QED) is 0.710. The molecule has 0 N–H and O–H groups in total. The molecule has 0 unspecified atom stereocenters. The standard InChI is InChI=1S/C11H13ClOS/c12-11-6-9(7-14-11)10(13)5-8-3-1-2-4-8/h6-8H,1-5H2. The maximum Gasteiger partial charge on any atom is 0.164 e. The molecule has 0 spiro atoms. The molecule has 0 aromatic carbocycles. The minimum atomic E-state index is 0.264. The van der Waals surface area contributed by atoms with Crippen molar-refractivity contribution in [2.45, 2.75) is 32.1 Å². The van der Waals surface area contributed by atoms with Gasteiger partial charge in [0.1, 0.15) is 0 Å². The third kappa shape index (κ3) is 2.37. The van der Waals surface area contributed by atoms with E-state index in [1.54, 1.807) is 6.07 Å². The summed E-state index contributed by atoms with van der Waals surface area (Å²) < 4.78 is 0.708. The van der Waals surface area contributed by atoms with Crippen LogP contribution in [-0.2, 0) is 0 Å². The summed E-state index contributed by atoms with van der Waals surface area (Å²) in [7, 11) is 0. The smallest absolute Gasteiger partial charge is 0.164 e. The molecule has 1 heterocycles. The van der Waals surface area contributed by atoms with Crippen LogP contribution in [0.4, 0.5) is 0 Å². The average molecular weight is 229 g/mol. The number of hydrogen-bond donors (Lipinski definition) is 0. The summed E-state index contributed by atoms with van der Waals surface area (Å²) in [6.07, 6.45) is 5.75. The van der Waals surface area contributed by atoms with Crippen LogP contribution in [0, 0.1) is 5.92 Å². The summed E-state index contributed by atoms with van der Waals surface area (Å²) in [5.41, 5.74) is 0.798. The Labute approximate surface area is 93.1 Å². The molecular weight excluding hydrogens is 216 g/mol. The van der Waals surface area contributed by atoms with Gasteiger partial charge < -0.3 is 0 Å². The molecule has 1 aliphatic carbocycles. The van der Waals surface area contributed by atoms with Gasteiger partial charge in [-0.15, -0.1) is 11.3 Å². The molecule has 14 heavy (non-hydrogen) atoms. The van der Waals surface area contributed by atoms with Crippen molar-refractivity contribution in [3.63, 3.8) is 0 Å². The van der Waals surface area contributed by atoms with Crippen molar-refractivity contribution in [3.8, 4) is 0 Å². The molecule has 1 aliphatic rings. The van der Waals surface area contributed by atoms with Gasteiger partial charge in [-0.3, -0.25) is 4.79 Å². The molecule has 76 valence electrons. The highest BCUT2D eigenvalue weighted by atomic mass is 35.5. The number of carbonyl (C=O) groups excluding carboxylic acids is 1. The van der Waals surface area contributed by atoms with Crippen LogP contribution in [-0.4, -0.2) is 5.78 Å². The Kier molecular flexibility index (Phi) is 3.24. The van der Waals surface area contributed by atoms with Gasteiger partial charge in [0.05, 0.1) is 4.34 Å². The number of thiophene rings is 1. The first-order valence-corrected chi connectivity index (χ1v) is 6.28. The Morgan fingerprint density at radius 2 is 2.21 bits per heavy atom. The van der Waals surface area contributed by atoms with Crippen LogP contribution in [0.25, 0.3) is 0 Å². The fourth-order valence-corrected chi connectivity index (χ4v) is 2.94. The van der Waals surface area contributed by atoms with Gasteiger partial charge in [-0.1, -0.05) is 37.3 Å². The number of rotatable bonds is 3. The van der Waals surface area contributed by atoms with Crippen LogP contribution in [0.3, 0.4) is 0 Å². The Morgan fingerprint density at radius 3 is 2.79 bits per heavy atom. The van der Waals surface area contributed by atoms with Gasteiger partial charge in [-0.05, 0) is 12.0 Å². The fourth-order valence-electron chi connectivity index (χ4n) is 2.05. The minimum absolute atomic E-state index is 0.264. The lowest BCUT2D eigenvalue weighted by molar-refractivity contribution is 0.0962. The number of halogens is 1. The van der Waals surface area contributed by atoms with Crippen molar-refractivity contribution in [3.05, 3.63) is 21.3 Å². The number of hydrogen-bond acceptors (Lipinski definition) is 2. The van der Waals surface area contributed by atoms with E-state index < -0.39 is 0 Å². The highest BCUT2D eigenvalue weighted by molar-refractivity contribution is 7.14. The molecule has 0 radical (unpaired) electrons. The van der Waals surface area contributed by atoms with Crippen LogP contribution in [0.1, 0.15) is 42.5 Å². The molecule has 1 aromatic heterocycles. The fraction of sp³-hybridized carbons (Fsp3) is 0.545. The van der Waals surface area contributed by atoms with Gasteiger partial charge in [0.2, 0.25) is 0 Å². The van der Waals surface area contributed by atoms with Crippen LogP contribution < -0.4 is 0 Å². The zero-order chi connectivity index (χ0) is 9.97. The van der Waals surface area contributed by atoms with E-state index in [4.69, 9.17) is 11.6 Å².